The van der Waals surface area contributed by atoms with Crippen molar-refractivity contribution in [2.75, 3.05) is 33.0 Å². The van der Waals surface area contributed by atoms with Crippen LogP contribution in [0.3, 0.4) is 0 Å². The van der Waals surface area contributed by atoms with Crippen molar-refractivity contribution >= 4 is 5.91 Å². The number of nitrogens with two attached hydrogens (primary N) is 1. The molecule has 0 aromatic heterocycles. The molecule has 0 aliphatic rings. The Bertz CT molecular complexity index is 141. The van der Waals surface area contributed by atoms with Crippen molar-refractivity contribution in [1.29, 1.82) is 0 Å². The predicted octanol–water partition coefficient (Wildman–Crippen LogP) is -0.333. The Kier molecular flexibility index (Phi) is 9.95. The molecule has 1 amide bonds. The molecular weight excluding hydrogens is 186 g/mol. The maximum atomic E-state index is 10.2. The van der Waals surface area contributed by atoms with Gasteiger partial charge in [-0.3, -0.25) is 4.79 Å². The number of aliphatic hydroxyl groups is 1. The SMILES string of the molecule is NC(=O)COCCCOCCCCO. The van der Waals surface area contributed by atoms with Gasteiger partial charge in [-0.05, 0) is 19.3 Å². The Labute approximate surface area is 84.2 Å². The molecule has 0 aliphatic heterocycles. The minimum atomic E-state index is -0.450. The summed E-state index contributed by atoms with van der Waals surface area (Å²) in [7, 11) is 0. The van der Waals surface area contributed by atoms with Gasteiger partial charge in [0.2, 0.25) is 5.91 Å². The zero-order valence-corrected chi connectivity index (χ0v) is 8.41. The summed E-state index contributed by atoms with van der Waals surface area (Å²) in [5.74, 6) is -0.450. The minimum absolute atomic E-state index is 0.0233. The summed E-state index contributed by atoms with van der Waals surface area (Å²) in [6.07, 6.45) is 2.41. The number of amides is 1. The van der Waals surface area contributed by atoms with E-state index in [9.17, 15) is 4.79 Å². The van der Waals surface area contributed by atoms with Crippen LogP contribution in [0.5, 0.6) is 0 Å². The fourth-order valence-corrected chi connectivity index (χ4v) is 0.854. The van der Waals surface area contributed by atoms with Crippen LogP contribution in [-0.4, -0.2) is 44.0 Å². The highest BCUT2D eigenvalue weighted by atomic mass is 16.5. The molecule has 0 saturated heterocycles. The van der Waals surface area contributed by atoms with Crippen molar-refractivity contribution in [1.82, 2.24) is 0 Å². The highest BCUT2D eigenvalue weighted by Gasteiger charge is 1.94. The average Bonchev–Trinajstić information content (AvgIpc) is 2.15. The molecule has 0 aromatic rings. The van der Waals surface area contributed by atoms with Crippen LogP contribution >= 0.6 is 0 Å². The smallest absolute Gasteiger partial charge is 0.243 e. The molecule has 0 fully saturated rings. The summed E-state index contributed by atoms with van der Waals surface area (Å²) in [6, 6.07) is 0. The van der Waals surface area contributed by atoms with Crippen LogP contribution in [0.25, 0.3) is 0 Å². The van der Waals surface area contributed by atoms with Crippen molar-refractivity contribution in [3.05, 3.63) is 0 Å². The highest BCUT2D eigenvalue weighted by molar-refractivity contribution is 5.74. The van der Waals surface area contributed by atoms with Crippen molar-refractivity contribution in [3.63, 3.8) is 0 Å². The Morgan fingerprint density at radius 3 is 2.36 bits per heavy atom. The summed E-state index contributed by atoms with van der Waals surface area (Å²) in [6.45, 7) is 1.96. The number of primary amides is 1. The summed E-state index contributed by atoms with van der Waals surface area (Å²) >= 11 is 0. The topological polar surface area (TPSA) is 81.8 Å². The van der Waals surface area contributed by atoms with Gasteiger partial charge in [0.25, 0.3) is 0 Å². The molecule has 5 nitrogen and oxygen atoms in total. The molecule has 0 rings (SSSR count). The molecule has 0 bridgehead atoms. The highest BCUT2D eigenvalue weighted by Crippen LogP contribution is 1.90. The van der Waals surface area contributed by atoms with Crippen molar-refractivity contribution < 1.29 is 19.4 Å². The number of unbranched alkanes of at least 4 members (excludes halogenated alkanes) is 1. The number of carbonyl (C=O) groups is 1. The molecule has 0 saturated carbocycles. The number of hydrogen-bond donors (Lipinski definition) is 2. The third kappa shape index (κ3) is 11.4. The van der Waals surface area contributed by atoms with Crippen molar-refractivity contribution in [2.45, 2.75) is 19.3 Å². The Hall–Kier alpha value is -0.650. The van der Waals surface area contributed by atoms with E-state index in [-0.39, 0.29) is 13.2 Å². The van der Waals surface area contributed by atoms with Crippen LogP contribution in [-0.2, 0) is 14.3 Å². The van der Waals surface area contributed by atoms with Gasteiger partial charge in [-0.2, -0.15) is 0 Å². The van der Waals surface area contributed by atoms with E-state index in [2.05, 4.69) is 0 Å². The molecule has 0 radical (unpaired) electrons. The summed E-state index contributed by atoms with van der Waals surface area (Å²) in [5, 5.41) is 8.47. The first-order valence-corrected chi connectivity index (χ1v) is 4.82. The summed E-state index contributed by atoms with van der Waals surface area (Å²) in [4.78, 5) is 10.2. The van der Waals surface area contributed by atoms with Crippen LogP contribution in [0.4, 0.5) is 0 Å². The molecule has 5 heteroatoms. The first kappa shape index (κ1) is 13.4. The van der Waals surface area contributed by atoms with E-state index in [1.165, 1.54) is 0 Å². The Balaban J connectivity index is 2.88. The molecular formula is C9H19NO4. The lowest BCUT2D eigenvalue weighted by Gasteiger charge is -2.03. The third-order valence-corrected chi connectivity index (χ3v) is 1.52. The maximum Gasteiger partial charge on any atom is 0.243 e. The molecule has 0 aromatic carbocycles. The lowest BCUT2D eigenvalue weighted by Crippen LogP contribution is -2.18. The Morgan fingerprint density at radius 1 is 1.07 bits per heavy atom. The minimum Gasteiger partial charge on any atom is -0.396 e. The van der Waals surface area contributed by atoms with Gasteiger partial charge in [0.1, 0.15) is 6.61 Å². The maximum absolute atomic E-state index is 10.2. The van der Waals surface area contributed by atoms with Crippen molar-refractivity contribution in [2.24, 2.45) is 5.73 Å². The van der Waals surface area contributed by atoms with Gasteiger partial charge in [0.05, 0.1) is 0 Å². The molecule has 0 heterocycles. The lowest BCUT2D eigenvalue weighted by molar-refractivity contribution is -0.122. The third-order valence-electron chi connectivity index (χ3n) is 1.52. The fourth-order valence-electron chi connectivity index (χ4n) is 0.854. The molecule has 0 unspecified atom stereocenters. The summed E-state index contributed by atoms with van der Waals surface area (Å²) < 4.78 is 10.2. The van der Waals surface area contributed by atoms with Gasteiger partial charge in [-0.1, -0.05) is 0 Å². The second kappa shape index (κ2) is 10.4. The molecule has 14 heavy (non-hydrogen) atoms. The van der Waals surface area contributed by atoms with Gasteiger partial charge in [0.15, 0.2) is 0 Å². The van der Waals surface area contributed by atoms with E-state index < -0.39 is 5.91 Å². The number of carbonyl (C=O) groups excluding carboxylic acids is 1. The zero-order valence-electron chi connectivity index (χ0n) is 8.41. The number of rotatable bonds is 10. The van der Waals surface area contributed by atoms with Gasteiger partial charge < -0.3 is 20.3 Å². The first-order chi connectivity index (χ1) is 6.77. The fraction of sp³-hybridized carbons (Fsp3) is 0.889. The zero-order chi connectivity index (χ0) is 10.6. The summed E-state index contributed by atoms with van der Waals surface area (Å²) in [5.41, 5.74) is 4.87. The van der Waals surface area contributed by atoms with Gasteiger partial charge >= 0.3 is 0 Å². The van der Waals surface area contributed by atoms with E-state index >= 15 is 0 Å². The van der Waals surface area contributed by atoms with E-state index in [0.717, 1.165) is 19.3 Å². The van der Waals surface area contributed by atoms with Gasteiger partial charge in [-0.25, -0.2) is 0 Å². The monoisotopic (exact) mass is 205 g/mol. The predicted molar refractivity (Wildman–Crippen MR) is 51.8 cm³/mol. The normalized spacial score (nSPS) is 10.4. The van der Waals surface area contributed by atoms with Gasteiger partial charge in [-0.15, -0.1) is 0 Å². The first-order valence-electron chi connectivity index (χ1n) is 4.82. The number of hydrogen-bond acceptors (Lipinski definition) is 4. The van der Waals surface area contributed by atoms with Crippen LogP contribution in [0.1, 0.15) is 19.3 Å². The molecule has 3 N–H and O–H groups in total. The van der Waals surface area contributed by atoms with Crippen LogP contribution in [0, 0.1) is 0 Å². The Morgan fingerprint density at radius 2 is 1.71 bits per heavy atom. The van der Waals surface area contributed by atoms with Crippen LogP contribution in [0.2, 0.25) is 0 Å². The standard InChI is InChI=1S/C9H19NO4/c10-9(12)8-14-7-3-6-13-5-2-1-4-11/h11H,1-8H2,(H2,10,12). The van der Waals surface area contributed by atoms with Gasteiger partial charge in [0, 0.05) is 26.4 Å². The second-order valence-corrected chi connectivity index (χ2v) is 2.92. The van der Waals surface area contributed by atoms with Crippen LogP contribution in [0.15, 0.2) is 0 Å². The van der Waals surface area contributed by atoms with E-state index in [1.54, 1.807) is 0 Å². The average molecular weight is 205 g/mol. The number of ether oxygens (including phenoxy) is 2. The molecule has 0 spiro atoms. The van der Waals surface area contributed by atoms with E-state index in [1.807, 2.05) is 0 Å². The quantitative estimate of drug-likeness (QED) is 0.478. The molecule has 84 valence electrons. The second-order valence-electron chi connectivity index (χ2n) is 2.92. The van der Waals surface area contributed by atoms with Crippen molar-refractivity contribution in [3.8, 4) is 0 Å². The van der Waals surface area contributed by atoms with E-state index in [4.69, 9.17) is 20.3 Å². The molecule has 0 aliphatic carbocycles. The lowest BCUT2D eigenvalue weighted by atomic mass is 10.3. The number of aliphatic hydroxyl groups excluding tert-OH is 1. The largest absolute Gasteiger partial charge is 0.396 e. The molecule has 0 atom stereocenters. The van der Waals surface area contributed by atoms with E-state index in [0.29, 0.717) is 19.8 Å². The van der Waals surface area contributed by atoms with Crippen LogP contribution < -0.4 is 5.73 Å².